The van der Waals surface area contributed by atoms with Crippen molar-refractivity contribution in [3.05, 3.63) is 44.9 Å². The molecule has 0 saturated carbocycles. The number of nitrogens with one attached hydrogen (secondary N) is 1. The van der Waals surface area contributed by atoms with Crippen LogP contribution >= 0.6 is 22.9 Å². The summed E-state index contributed by atoms with van der Waals surface area (Å²) < 4.78 is 27.1. The molecule has 2 rings (SSSR count). The van der Waals surface area contributed by atoms with Crippen LogP contribution in [-0.2, 0) is 13.2 Å². The fourth-order valence-electron chi connectivity index (χ4n) is 1.45. The van der Waals surface area contributed by atoms with Crippen LogP contribution < -0.4 is 5.32 Å². The van der Waals surface area contributed by atoms with Gasteiger partial charge in [-0.1, -0.05) is 17.7 Å². The first-order valence-corrected chi connectivity index (χ1v) is 6.23. The van der Waals surface area contributed by atoms with E-state index in [0.29, 0.717) is 10.0 Å². The fourth-order valence-corrected chi connectivity index (χ4v) is 2.37. The first-order valence-electron chi connectivity index (χ1n) is 5.03. The average molecular weight is 291 g/mol. The van der Waals surface area contributed by atoms with Crippen LogP contribution in [0.25, 0.3) is 0 Å². The third-order valence-electron chi connectivity index (χ3n) is 2.32. The van der Waals surface area contributed by atoms with E-state index in [9.17, 15) is 8.78 Å². The Labute approximate surface area is 111 Å². The smallest absolute Gasteiger partial charge is 0.183 e. The van der Waals surface area contributed by atoms with Gasteiger partial charge >= 0.3 is 0 Å². The van der Waals surface area contributed by atoms with Crippen molar-refractivity contribution in [2.75, 3.05) is 5.32 Å². The number of anilines is 1. The van der Waals surface area contributed by atoms with Crippen LogP contribution in [0.1, 0.15) is 10.4 Å². The molecule has 0 aliphatic rings. The molecule has 0 aliphatic carbocycles. The van der Waals surface area contributed by atoms with Crippen molar-refractivity contribution in [3.8, 4) is 0 Å². The second kappa shape index (κ2) is 5.60. The van der Waals surface area contributed by atoms with Gasteiger partial charge in [0.2, 0.25) is 0 Å². The molecule has 0 unspecified atom stereocenters. The Bertz CT molecular complexity index is 562. The number of thiazole rings is 1. The van der Waals surface area contributed by atoms with Gasteiger partial charge in [-0.25, -0.2) is 13.8 Å². The normalized spacial score (nSPS) is 10.7. The van der Waals surface area contributed by atoms with Crippen molar-refractivity contribution in [2.45, 2.75) is 13.2 Å². The molecule has 1 heterocycles. The largest absolute Gasteiger partial charge is 0.392 e. The Morgan fingerprint density at radius 3 is 2.78 bits per heavy atom. The molecule has 1 aromatic carbocycles. The molecular weight excluding hydrogens is 282 g/mol. The summed E-state index contributed by atoms with van der Waals surface area (Å²) in [5.74, 6) is -1.96. The van der Waals surface area contributed by atoms with E-state index >= 15 is 0 Å². The summed E-state index contributed by atoms with van der Waals surface area (Å²) in [5.41, 5.74) is 0.256. The Morgan fingerprint density at radius 1 is 1.39 bits per heavy atom. The monoisotopic (exact) mass is 290 g/mol. The molecule has 2 aromatic rings. The second-order valence-electron chi connectivity index (χ2n) is 3.49. The van der Waals surface area contributed by atoms with Gasteiger partial charge in [-0.3, -0.25) is 0 Å². The van der Waals surface area contributed by atoms with E-state index in [1.54, 1.807) is 6.20 Å². The molecule has 0 aliphatic heterocycles. The summed E-state index contributed by atoms with van der Waals surface area (Å²) in [7, 11) is 0. The molecule has 3 nitrogen and oxygen atoms in total. The summed E-state index contributed by atoms with van der Waals surface area (Å²) in [6.07, 6.45) is 1.55. The Hall–Kier alpha value is -1.24. The van der Waals surface area contributed by atoms with Gasteiger partial charge in [-0.15, -0.1) is 11.3 Å². The lowest BCUT2D eigenvalue weighted by molar-refractivity contribution is 0.281. The maximum atomic E-state index is 13.6. The van der Waals surface area contributed by atoms with Crippen molar-refractivity contribution in [3.63, 3.8) is 0 Å². The number of hydrogen-bond donors (Lipinski definition) is 2. The molecule has 2 N–H and O–H groups in total. The molecule has 0 spiro atoms. The Morgan fingerprint density at radius 2 is 2.17 bits per heavy atom. The molecular formula is C11H9ClF2N2OS. The minimum Gasteiger partial charge on any atom is -0.392 e. The second-order valence-corrected chi connectivity index (χ2v) is 5.18. The van der Waals surface area contributed by atoms with Gasteiger partial charge in [0.05, 0.1) is 18.8 Å². The topological polar surface area (TPSA) is 45.1 Å². The van der Waals surface area contributed by atoms with E-state index in [2.05, 4.69) is 10.3 Å². The van der Waals surface area contributed by atoms with Gasteiger partial charge < -0.3 is 10.4 Å². The van der Waals surface area contributed by atoms with Gasteiger partial charge in [0.15, 0.2) is 16.1 Å². The third kappa shape index (κ3) is 2.77. The lowest BCUT2D eigenvalue weighted by atomic mass is 10.1. The van der Waals surface area contributed by atoms with Crippen molar-refractivity contribution in [1.82, 2.24) is 4.98 Å². The molecule has 0 fully saturated rings. The number of hydrogen-bond acceptors (Lipinski definition) is 4. The maximum Gasteiger partial charge on any atom is 0.183 e. The Balaban J connectivity index is 2.20. The van der Waals surface area contributed by atoms with Gasteiger partial charge in [-0.2, -0.15) is 0 Å². The molecule has 18 heavy (non-hydrogen) atoms. The number of benzene rings is 1. The minimum absolute atomic E-state index is 0.0398. The molecule has 0 bridgehead atoms. The summed E-state index contributed by atoms with van der Waals surface area (Å²) >= 11 is 6.91. The van der Waals surface area contributed by atoms with E-state index in [4.69, 9.17) is 16.7 Å². The maximum absolute atomic E-state index is 13.6. The zero-order chi connectivity index (χ0) is 13.1. The minimum atomic E-state index is -1.00. The van der Waals surface area contributed by atoms with Gasteiger partial charge in [0.1, 0.15) is 0 Å². The SMILES string of the molecule is OCc1ccc(F)c(F)c1NCc1cnc(Cl)s1. The van der Waals surface area contributed by atoms with E-state index in [1.807, 2.05) is 0 Å². The predicted molar refractivity (Wildman–Crippen MR) is 66.7 cm³/mol. The number of aliphatic hydroxyl groups excluding tert-OH is 1. The zero-order valence-electron chi connectivity index (χ0n) is 9.08. The standard InChI is InChI=1S/C11H9ClF2N2OS/c12-11-16-4-7(18-11)3-15-10-6(5-17)1-2-8(13)9(10)14/h1-2,4,15,17H,3,5H2. The fraction of sp³-hybridized carbons (Fsp3) is 0.182. The lowest BCUT2D eigenvalue weighted by Crippen LogP contribution is -2.05. The van der Waals surface area contributed by atoms with Crippen molar-refractivity contribution >= 4 is 28.6 Å². The summed E-state index contributed by atoms with van der Waals surface area (Å²) in [4.78, 5) is 4.62. The van der Waals surface area contributed by atoms with E-state index < -0.39 is 11.6 Å². The zero-order valence-corrected chi connectivity index (χ0v) is 10.7. The van der Waals surface area contributed by atoms with Crippen LogP contribution in [0.2, 0.25) is 4.47 Å². The molecule has 0 radical (unpaired) electrons. The number of halogens is 3. The average Bonchev–Trinajstić information content (AvgIpc) is 2.77. The number of nitrogens with zero attached hydrogens (tertiary/aromatic N) is 1. The van der Waals surface area contributed by atoms with Crippen LogP contribution in [0.15, 0.2) is 18.3 Å². The summed E-state index contributed by atoms with van der Waals surface area (Å²) in [5, 5.41) is 11.8. The number of aromatic nitrogens is 1. The molecule has 0 atom stereocenters. The number of aliphatic hydroxyl groups is 1. The molecule has 1 aromatic heterocycles. The molecule has 0 saturated heterocycles. The van der Waals surface area contributed by atoms with E-state index in [1.165, 1.54) is 17.4 Å². The highest BCUT2D eigenvalue weighted by Gasteiger charge is 2.13. The van der Waals surface area contributed by atoms with Crippen molar-refractivity contribution in [1.29, 1.82) is 0 Å². The molecule has 7 heteroatoms. The van der Waals surface area contributed by atoms with Gasteiger partial charge in [0, 0.05) is 16.6 Å². The Kier molecular flexibility index (Phi) is 4.11. The van der Waals surface area contributed by atoms with Crippen LogP contribution in [0.4, 0.5) is 14.5 Å². The highest BCUT2D eigenvalue weighted by atomic mass is 35.5. The summed E-state index contributed by atoms with van der Waals surface area (Å²) in [6, 6.07) is 2.32. The van der Waals surface area contributed by atoms with Gasteiger partial charge in [-0.05, 0) is 6.07 Å². The van der Waals surface area contributed by atoms with Crippen LogP contribution in [-0.4, -0.2) is 10.1 Å². The third-order valence-corrected chi connectivity index (χ3v) is 3.43. The highest BCUT2D eigenvalue weighted by Crippen LogP contribution is 2.25. The van der Waals surface area contributed by atoms with E-state index in [-0.39, 0.29) is 18.8 Å². The van der Waals surface area contributed by atoms with Crippen LogP contribution in [0.5, 0.6) is 0 Å². The van der Waals surface area contributed by atoms with Crippen LogP contribution in [0, 0.1) is 11.6 Å². The van der Waals surface area contributed by atoms with Crippen LogP contribution in [0.3, 0.4) is 0 Å². The van der Waals surface area contributed by atoms with Crippen molar-refractivity contribution < 1.29 is 13.9 Å². The lowest BCUT2D eigenvalue weighted by Gasteiger charge is -2.11. The number of rotatable bonds is 4. The molecule has 0 amide bonds. The van der Waals surface area contributed by atoms with E-state index in [0.717, 1.165) is 10.9 Å². The first-order chi connectivity index (χ1) is 8.61. The summed E-state index contributed by atoms with van der Waals surface area (Å²) in [6.45, 7) is -0.110. The highest BCUT2D eigenvalue weighted by molar-refractivity contribution is 7.15. The predicted octanol–water partition coefficient (Wildman–Crippen LogP) is 3.18. The van der Waals surface area contributed by atoms with Gasteiger partial charge in [0.25, 0.3) is 0 Å². The first kappa shape index (κ1) is 13.2. The molecule has 96 valence electrons. The quantitative estimate of drug-likeness (QED) is 0.909. The van der Waals surface area contributed by atoms with Crippen molar-refractivity contribution in [2.24, 2.45) is 0 Å².